The monoisotopic (exact) mass is 367 g/mol. The van der Waals surface area contributed by atoms with Gasteiger partial charge in [0.15, 0.2) is 0 Å². The molecule has 0 saturated carbocycles. The number of nitrogens with one attached hydrogen (secondary N) is 1. The van der Waals surface area contributed by atoms with E-state index in [1.54, 1.807) is 0 Å². The average molecular weight is 368 g/mol. The van der Waals surface area contributed by atoms with Crippen LogP contribution in [0.15, 0.2) is 21.4 Å². The third-order valence-corrected chi connectivity index (χ3v) is 3.82. The lowest BCUT2D eigenvalue weighted by molar-refractivity contribution is -0.139. The molecule has 0 aliphatic carbocycles. The van der Waals surface area contributed by atoms with Crippen LogP contribution in [0.3, 0.4) is 0 Å². The highest BCUT2D eigenvalue weighted by Crippen LogP contribution is 2.42. The van der Waals surface area contributed by atoms with Crippen LogP contribution in [-0.4, -0.2) is 23.2 Å². The normalized spacial score (nSPS) is 11.6. The summed E-state index contributed by atoms with van der Waals surface area (Å²) in [5.41, 5.74) is -1.19. The number of aryl methyl sites for hydroxylation is 1. The molecule has 0 aliphatic rings. The number of aromatic nitrogens is 2. The molecule has 0 saturated heterocycles. The minimum Gasteiger partial charge on any atom is -0.408 e. The van der Waals surface area contributed by atoms with E-state index in [1.165, 1.54) is 14.0 Å². The summed E-state index contributed by atoms with van der Waals surface area (Å²) in [6.45, 7) is 1.51. The van der Waals surface area contributed by atoms with Crippen LogP contribution in [-0.2, 0) is 10.4 Å². The molecule has 0 radical (unpaired) electrons. The Hall–Kier alpha value is -1.78. The van der Waals surface area contributed by atoms with Crippen molar-refractivity contribution < 1.29 is 26.6 Å². The van der Waals surface area contributed by atoms with Crippen LogP contribution in [0.5, 0.6) is 0 Å². The molecule has 0 spiro atoms. The van der Waals surface area contributed by atoms with Crippen LogP contribution >= 0.6 is 23.6 Å². The number of amides is 1. The first-order valence-electron chi connectivity index (χ1n) is 5.96. The summed E-state index contributed by atoms with van der Waals surface area (Å²) in [4.78, 5) is 11.7. The van der Waals surface area contributed by atoms with Crippen LogP contribution in [0.4, 0.5) is 19.2 Å². The van der Waals surface area contributed by atoms with Crippen molar-refractivity contribution >= 4 is 35.6 Å². The molecule has 2 aromatic rings. The predicted molar refractivity (Wildman–Crippen MR) is 76.3 cm³/mol. The van der Waals surface area contributed by atoms with Gasteiger partial charge in [0, 0.05) is 19.0 Å². The summed E-state index contributed by atoms with van der Waals surface area (Å²) in [6.07, 6.45) is -4.64. The number of hydrogen-bond donors (Lipinski definition) is 1. The highest BCUT2D eigenvalue weighted by Gasteiger charge is 2.36. The Labute approximate surface area is 137 Å². The maximum Gasteiger partial charge on any atom is 0.417 e. The van der Waals surface area contributed by atoms with E-state index in [1.807, 2.05) is 0 Å². The number of alkyl halides is 3. The zero-order chi connectivity index (χ0) is 17.2. The molecular formula is C12H9ClF3N3O3S. The van der Waals surface area contributed by atoms with Crippen molar-refractivity contribution in [2.24, 2.45) is 0 Å². The van der Waals surface area contributed by atoms with Crippen LogP contribution in [0.2, 0.25) is 5.02 Å². The quantitative estimate of drug-likeness (QED) is 0.824. The highest BCUT2D eigenvalue weighted by molar-refractivity contribution is 7.94. The molecular weight excluding hydrogens is 359 g/mol. The Bertz CT molecular complexity index is 736. The molecule has 1 N–H and O–H groups in total. The Morgan fingerprint density at radius 3 is 2.61 bits per heavy atom. The second-order valence-electron chi connectivity index (χ2n) is 4.13. The van der Waals surface area contributed by atoms with E-state index in [-0.39, 0.29) is 22.5 Å². The van der Waals surface area contributed by atoms with Gasteiger partial charge in [-0.2, -0.15) is 13.2 Å². The molecule has 6 nitrogen and oxygen atoms in total. The fraction of sp³-hybridized carbons (Fsp3) is 0.250. The molecule has 23 heavy (non-hydrogen) atoms. The summed E-state index contributed by atoms with van der Waals surface area (Å²) in [7, 11) is 1.19. The number of rotatable bonds is 4. The van der Waals surface area contributed by atoms with Gasteiger partial charge < -0.3 is 8.60 Å². The van der Waals surface area contributed by atoms with Gasteiger partial charge in [-0.25, -0.2) is 0 Å². The van der Waals surface area contributed by atoms with Gasteiger partial charge in [-0.05, 0) is 12.1 Å². The summed E-state index contributed by atoms with van der Waals surface area (Å²) in [6, 6.07) is 1.52. The van der Waals surface area contributed by atoms with Crippen LogP contribution < -0.4 is 5.32 Å². The van der Waals surface area contributed by atoms with Crippen molar-refractivity contribution in [2.45, 2.75) is 18.0 Å². The first-order chi connectivity index (χ1) is 10.7. The molecule has 0 bridgehead atoms. The Kier molecular flexibility index (Phi) is 5.17. The maximum atomic E-state index is 13.0. The van der Waals surface area contributed by atoms with E-state index in [0.717, 1.165) is 12.1 Å². The minimum atomic E-state index is -4.64. The number of benzene rings is 1. The molecule has 1 heterocycles. The van der Waals surface area contributed by atoms with Gasteiger partial charge in [0.05, 0.1) is 28.2 Å². The van der Waals surface area contributed by atoms with Crippen molar-refractivity contribution in [3.05, 3.63) is 34.2 Å². The zero-order valence-electron chi connectivity index (χ0n) is 11.7. The van der Waals surface area contributed by atoms with E-state index >= 15 is 0 Å². The van der Waals surface area contributed by atoms with Gasteiger partial charge in [0.2, 0.25) is 5.89 Å². The second kappa shape index (κ2) is 6.77. The van der Waals surface area contributed by atoms with E-state index in [0.29, 0.717) is 12.0 Å². The van der Waals surface area contributed by atoms with Gasteiger partial charge in [-0.3, -0.25) is 10.1 Å². The molecule has 1 amide bonds. The molecule has 11 heteroatoms. The van der Waals surface area contributed by atoms with Crippen molar-refractivity contribution in [1.82, 2.24) is 10.2 Å². The fourth-order valence-electron chi connectivity index (χ4n) is 1.63. The largest absolute Gasteiger partial charge is 0.417 e. The second-order valence-corrected chi connectivity index (χ2v) is 5.42. The van der Waals surface area contributed by atoms with Crippen LogP contribution in [0, 0.1) is 6.92 Å². The van der Waals surface area contributed by atoms with E-state index < -0.39 is 22.5 Å². The first-order valence-corrected chi connectivity index (χ1v) is 7.07. The predicted octanol–water partition coefficient (Wildman–Crippen LogP) is 3.96. The molecule has 2 rings (SSSR count). The van der Waals surface area contributed by atoms with Crippen molar-refractivity contribution in [3.8, 4) is 0 Å². The number of carbonyl (C=O) groups excluding carboxylic acids is 1. The smallest absolute Gasteiger partial charge is 0.408 e. The Morgan fingerprint density at radius 2 is 2.09 bits per heavy atom. The lowest BCUT2D eigenvalue weighted by Gasteiger charge is -2.15. The maximum absolute atomic E-state index is 13.0. The van der Waals surface area contributed by atoms with Crippen molar-refractivity contribution in [3.63, 3.8) is 0 Å². The third-order valence-electron chi connectivity index (χ3n) is 2.56. The summed E-state index contributed by atoms with van der Waals surface area (Å²) in [5, 5.41) is 8.93. The lowest BCUT2D eigenvalue weighted by Crippen LogP contribution is -2.15. The minimum absolute atomic E-state index is 0.185. The van der Waals surface area contributed by atoms with Crippen LogP contribution in [0.25, 0.3) is 0 Å². The van der Waals surface area contributed by atoms with E-state index in [9.17, 15) is 18.0 Å². The summed E-state index contributed by atoms with van der Waals surface area (Å²) >= 11 is 6.35. The van der Waals surface area contributed by atoms with Crippen molar-refractivity contribution in [2.75, 3.05) is 12.4 Å². The molecule has 0 unspecified atom stereocenters. The van der Waals surface area contributed by atoms with Gasteiger partial charge in [0.1, 0.15) is 0 Å². The van der Waals surface area contributed by atoms with Crippen molar-refractivity contribution in [1.29, 1.82) is 0 Å². The Balaban J connectivity index is 2.39. The summed E-state index contributed by atoms with van der Waals surface area (Å²) < 4.78 is 48.5. The first kappa shape index (κ1) is 17.6. The number of hydrogen-bond acceptors (Lipinski definition) is 6. The molecule has 1 aromatic carbocycles. The molecule has 1 aromatic heterocycles. The number of anilines is 1. The Morgan fingerprint density at radius 1 is 1.39 bits per heavy atom. The molecule has 0 atom stereocenters. The molecule has 0 aliphatic heterocycles. The molecule has 0 fully saturated rings. The van der Waals surface area contributed by atoms with Gasteiger partial charge in [-0.15, -0.1) is 5.10 Å². The highest BCUT2D eigenvalue weighted by atomic mass is 35.5. The van der Waals surface area contributed by atoms with Gasteiger partial charge >= 0.3 is 12.2 Å². The van der Waals surface area contributed by atoms with Gasteiger partial charge in [0.25, 0.3) is 5.91 Å². The SMILES string of the molecule is COSc1c(C(F)(F)F)ccc(C(=O)Nc2nnc(C)o2)c1Cl. The zero-order valence-corrected chi connectivity index (χ0v) is 13.3. The standard InChI is InChI=1S/C12H9ClF3N3O3S/c1-5-18-19-11(22-5)17-10(20)6-3-4-7(12(14,15)16)9(8(6)13)23-21-2/h3-4H,1-2H3,(H,17,19,20). The van der Waals surface area contributed by atoms with Gasteiger partial charge in [-0.1, -0.05) is 16.7 Å². The fourth-order valence-corrected chi connectivity index (χ4v) is 2.60. The number of nitrogens with zero attached hydrogens (tertiary/aromatic N) is 2. The molecule has 124 valence electrons. The summed E-state index contributed by atoms with van der Waals surface area (Å²) in [5.74, 6) is -0.570. The number of carbonyl (C=O) groups is 1. The van der Waals surface area contributed by atoms with E-state index in [2.05, 4.69) is 19.7 Å². The van der Waals surface area contributed by atoms with Crippen LogP contribution in [0.1, 0.15) is 21.8 Å². The number of halogens is 4. The average Bonchev–Trinajstić information content (AvgIpc) is 2.85. The lowest BCUT2D eigenvalue weighted by atomic mass is 10.1. The topological polar surface area (TPSA) is 77.2 Å². The van der Waals surface area contributed by atoms with E-state index in [4.69, 9.17) is 16.0 Å². The third kappa shape index (κ3) is 3.95.